The van der Waals surface area contributed by atoms with Crippen molar-refractivity contribution in [3.63, 3.8) is 0 Å². The lowest BCUT2D eigenvalue weighted by Gasteiger charge is -2.35. The fourth-order valence-corrected chi connectivity index (χ4v) is 3.77. The van der Waals surface area contributed by atoms with Gasteiger partial charge in [-0.25, -0.2) is 0 Å². The monoisotopic (exact) mass is 306 g/mol. The molecule has 2 fully saturated rings. The van der Waals surface area contributed by atoms with Gasteiger partial charge in [-0.2, -0.15) is 13.2 Å². The van der Waals surface area contributed by atoms with E-state index in [1.165, 1.54) is 19.3 Å². The maximum Gasteiger partial charge on any atom is 0.393 e. The van der Waals surface area contributed by atoms with Crippen molar-refractivity contribution < 1.29 is 13.2 Å². The molecule has 0 spiro atoms. The van der Waals surface area contributed by atoms with Gasteiger partial charge >= 0.3 is 6.18 Å². The predicted octanol–water partition coefficient (Wildman–Crippen LogP) is 3.82. The van der Waals surface area contributed by atoms with Crippen LogP contribution in [-0.2, 0) is 0 Å². The minimum atomic E-state index is -4.05. The van der Waals surface area contributed by atoms with Crippen LogP contribution in [0.4, 0.5) is 13.2 Å². The molecule has 1 N–H and O–H groups in total. The molecule has 0 aromatic carbocycles. The summed E-state index contributed by atoms with van der Waals surface area (Å²) in [5.41, 5.74) is 0. The molecule has 1 heterocycles. The number of piperidine rings is 1. The van der Waals surface area contributed by atoms with E-state index < -0.39 is 12.1 Å². The average molecular weight is 306 g/mol. The van der Waals surface area contributed by atoms with Crippen LogP contribution >= 0.6 is 0 Å². The molecule has 2 nitrogen and oxygen atoms in total. The van der Waals surface area contributed by atoms with Gasteiger partial charge in [-0.05, 0) is 51.2 Å². The summed E-state index contributed by atoms with van der Waals surface area (Å²) in [4.78, 5) is 2.46. The predicted molar refractivity (Wildman–Crippen MR) is 79.3 cm³/mol. The van der Waals surface area contributed by atoms with Gasteiger partial charge in [-0.3, -0.25) is 0 Å². The van der Waals surface area contributed by atoms with Crippen LogP contribution in [-0.4, -0.2) is 43.3 Å². The van der Waals surface area contributed by atoms with E-state index in [2.05, 4.69) is 17.1 Å². The number of hydrogen-bond donors (Lipinski definition) is 1. The largest absolute Gasteiger partial charge is 0.393 e. The molecular formula is C16H29F3N2. The van der Waals surface area contributed by atoms with Crippen LogP contribution in [0.1, 0.15) is 51.9 Å². The molecule has 21 heavy (non-hydrogen) atoms. The molecule has 2 aliphatic rings. The highest BCUT2D eigenvalue weighted by Crippen LogP contribution is 2.37. The molecule has 3 atom stereocenters. The molecule has 0 radical (unpaired) electrons. The standard InChI is InChI=1S/C16H29F3N2/c1-13(12-21-9-5-2-6-10-21)11-20-15-8-4-3-7-14(15)16(17,18)19/h13-15,20H,2-12H2,1H3. The Labute approximate surface area is 126 Å². The SMILES string of the molecule is CC(CNC1CCCCC1C(F)(F)F)CN1CCCCC1. The molecular weight excluding hydrogens is 277 g/mol. The van der Waals surface area contributed by atoms with Crippen LogP contribution in [0.3, 0.4) is 0 Å². The van der Waals surface area contributed by atoms with Gasteiger partial charge < -0.3 is 10.2 Å². The first kappa shape index (κ1) is 17.1. The lowest BCUT2D eigenvalue weighted by molar-refractivity contribution is -0.189. The first-order valence-electron chi connectivity index (χ1n) is 8.49. The molecule has 5 heteroatoms. The van der Waals surface area contributed by atoms with Gasteiger partial charge in [0.15, 0.2) is 0 Å². The van der Waals surface area contributed by atoms with Crippen molar-refractivity contribution in [2.75, 3.05) is 26.2 Å². The number of halogens is 3. The molecule has 0 bridgehead atoms. The fourth-order valence-electron chi connectivity index (χ4n) is 3.77. The van der Waals surface area contributed by atoms with E-state index in [-0.39, 0.29) is 6.04 Å². The molecule has 1 aliphatic carbocycles. The van der Waals surface area contributed by atoms with Crippen molar-refractivity contribution in [1.82, 2.24) is 10.2 Å². The zero-order chi connectivity index (χ0) is 15.3. The minimum absolute atomic E-state index is 0.293. The Balaban J connectivity index is 1.74. The summed E-state index contributed by atoms with van der Waals surface area (Å²) >= 11 is 0. The number of alkyl halides is 3. The van der Waals surface area contributed by atoms with Gasteiger partial charge in [0.05, 0.1) is 5.92 Å². The van der Waals surface area contributed by atoms with Crippen molar-refractivity contribution >= 4 is 0 Å². The second-order valence-corrected chi connectivity index (χ2v) is 6.91. The summed E-state index contributed by atoms with van der Waals surface area (Å²) in [5, 5.41) is 3.22. The van der Waals surface area contributed by atoms with Crippen molar-refractivity contribution in [1.29, 1.82) is 0 Å². The van der Waals surface area contributed by atoms with Gasteiger partial charge in [0.1, 0.15) is 0 Å². The first-order chi connectivity index (χ1) is 9.97. The Kier molecular flexibility index (Phi) is 6.35. The number of hydrogen-bond acceptors (Lipinski definition) is 2. The molecule has 1 saturated carbocycles. The number of nitrogens with zero attached hydrogens (tertiary/aromatic N) is 1. The third-order valence-electron chi connectivity index (χ3n) is 4.93. The zero-order valence-electron chi connectivity index (χ0n) is 13.1. The van der Waals surface area contributed by atoms with Crippen LogP contribution in [0.25, 0.3) is 0 Å². The Bertz CT molecular complexity index is 300. The van der Waals surface area contributed by atoms with Crippen LogP contribution in [0.15, 0.2) is 0 Å². The van der Waals surface area contributed by atoms with E-state index in [1.807, 2.05) is 0 Å². The lowest BCUT2D eigenvalue weighted by Crippen LogP contribution is -2.47. The van der Waals surface area contributed by atoms with Crippen molar-refractivity contribution in [2.24, 2.45) is 11.8 Å². The Morgan fingerprint density at radius 3 is 2.38 bits per heavy atom. The Morgan fingerprint density at radius 1 is 1.05 bits per heavy atom. The van der Waals surface area contributed by atoms with E-state index in [0.29, 0.717) is 31.7 Å². The molecule has 1 aliphatic heterocycles. The number of likely N-dealkylation sites (tertiary alicyclic amines) is 1. The van der Waals surface area contributed by atoms with Gasteiger partial charge in [-0.1, -0.05) is 26.2 Å². The number of rotatable bonds is 5. The number of nitrogens with one attached hydrogen (secondary N) is 1. The van der Waals surface area contributed by atoms with Gasteiger partial charge in [0, 0.05) is 12.6 Å². The first-order valence-corrected chi connectivity index (χ1v) is 8.49. The lowest BCUT2D eigenvalue weighted by atomic mass is 9.84. The Morgan fingerprint density at radius 2 is 1.71 bits per heavy atom. The van der Waals surface area contributed by atoms with Crippen LogP contribution < -0.4 is 5.32 Å². The minimum Gasteiger partial charge on any atom is -0.313 e. The summed E-state index contributed by atoms with van der Waals surface area (Å²) < 4.78 is 39.1. The zero-order valence-corrected chi connectivity index (χ0v) is 13.1. The molecule has 1 saturated heterocycles. The quantitative estimate of drug-likeness (QED) is 0.830. The maximum atomic E-state index is 13.0. The summed E-state index contributed by atoms with van der Waals surface area (Å²) in [7, 11) is 0. The average Bonchev–Trinajstić information content (AvgIpc) is 2.45. The van der Waals surface area contributed by atoms with Gasteiger partial charge in [0.25, 0.3) is 0 Å². The van der Waals surface area contributed by atoms with Gasteiger partial charge in [-0.15, -0.1) is 0 Å². The summed E-state index contributed by atoms with van der Waals surface area (Å²) in [6, 6.07) is -0.373. The fraction of sp³-hybridized carbons (Fsp3) is 1.00. The van der Waals surface area contributed by atoms with Crippen LogP contribution in [0, 0.1) is 11.8 Å². The third kappa shape index (κ3) is 5.44. The van der Waals surface area contributed by atoms with Crippen LogP contribution in [0.5, 0.6) is 0 Å². The smallest absolute Gasteiger partial charge is 0.313 e. The normalized spacial score (nSPS) is 30.3. The van der Waals surface area contributed by atoms with Gasteiger partial charge in [0.2, 0.25) is 0 Å². The molecule has 124 valence electrons. The van der Waals surface area contributed by atoms with E-state index in [4.69, 9.17) is 0 Å². The van der Waals surface area contributed by atoms with Crippen molar-refractivity contribution in [2.45, 2.75) is 64.1 Å². The highest BCUT2D eigenvalue weighted by Gasteiger charge is 2.45. The second-order valence-electron chi connectivity index (χ2n) is 6.91. The van der Waals surface area contributed by atoms with E-state index in [1.54, 1.807) is 0 Å². The highest BCUT2D eigenvalue weighted by molar-refractivity contribution is 4.86. The van der Waals surface area contributed by atoms with E-state index >= 15 is 0 Å². The summed E-state index contributed by atoms with van der Waals surface area (Å²) in [5.74, 6) is -0.729. The van der Waals surface area contributed by atoms with E-state index in [0.717, 1.165) is 26.1 Å². The van der Waals surface area contributed by atoms with Crippen molar-refractivity contribution in [3.8, 4) is 0 Å². The summed E-state index contributed by atoms with van der Waals surface area (Å²) in [6.07, 6.45) is 2.39. The highest BCUT2D eigenvalue weighted by atomic mass is 19.4. The molecule has 0 aromatic heterocycles. The van der Waals surface area contributed by atoms with Crippen molar-refractivity contribution in [3.05, 3.63) is 0 Å². The van der Waals surface area contributed by atoms with E-state index in [9.17, 15) is 13.2 Å². The molecule has 3 unspecified atom stereocenters. The van der Waals surface area contributed by atoms with Crippen LogP contribution in [0.2, 0.25) is 0 Å². The Hall–Kier alpha value is -0.290. The molecule has 0 amide bonds. The molecule has 0 aromatic rings. The summed E-state index contributed by atoms with van der Waals surface area (Å²) in [6.45, 7) is 6.16. The third-order valence-corrected chi connectivity index (χ3v) is 4.93. The molecule has 2 rings (SSSR count). The maximum absolute atomic E-state index is 13.0. The topological polar surface area (TPSA) is 15.3 Å². The second kappa shape index (κ2) is 7.82.